The molecule has 0 aliphatic carbocycles. The zero-order chi connectivity index (χ0) is 9.31. The molecule has 2 aliphatic rings. The highest BCUT2D eigenvalue weighted by molar-refractivity contribution is 4.89. The van der Waals surface area contributed by atoms with Gasteiger partial charge in [0.05, 0.1) is 6.10 Å². The van der Waals surface area contributed by atoms with Crippen molar-refractivity contribution in [1.29, 1.82) is 0 Å². The van der Waals surface area contributed by atoms with Crippen molar-refractivity contribution in [3.63, 3.8) is 0 Å². The smallest absolute Gasteiger partial charge is 0.119 e. The summed E-state index contributed by atoms with van der Waals surface area (Å²) in [6, 6.07) is 0. The number of rotatable bonds is 1. The summed E-state index contributed by atoms with van der Waals surface area (Å²) in [5, 5.41) is 3.47. The summed E-state index contributed by atoms with van der Waals surface area (Å²) in [6.45, 7) is 7.05. The lowest BCUT2D eigenvalue weighted by molar-refractivity contribution is -0.100. The minimum absolute atomic E-state index is 0.0941. The number of hydrogen-bond acceptors (Lipinski definition) is 3. The summed E-state index contributed by atoms with van der Waals surface area (Å²) in [6.07, 6.45) is 2.60. The highest BCUT2D eigenvalue weighted by Gasteiger charge is 2.41. The Labute approximate surface area is 79.8 Å². The van der Waals surface area contributed by atoms with Gasteiger partial charge in [-0.3, -0.25) is 5.32 Å². The molecule has 0 amide bonds. The largest absolute Gasteiger partial charge is 0.381 e. The molecule has 2 saturated heterocycles. The minimum Gasteiger partial charge on any atom is -0.381 e. The summed E-state index contributed by atoms with van der Waals surface area (Å²) in [5.74, 6) is 0.617. The maximum absolute atomic E-state index is 5.92. The molecule has 2 fully saturated rings. The molecule has 2 rings (SSSR count). The van der Waals surface area contributed by atoms with Crippen molar-refractivity contribution in [2.24, 2.45) is 5.92 Å². The van der Waals surface area contributed by atoms with Gasteiger partial charge in [0.15, 0.2) is 0 Å². The monoisotopic (exact) mass is 185 g/mol. The van der Waals surface area contributed by atoms with Crippen LogP contribution < -0.4 is 5.32 Å². The standard InChI is InChI=1S/C10H19NO2/c1-8-7-11-10(2,13-8)9-3-5-12-6-4-9/h8-9,11H,3-7H2,1-2H3. The Morgan fingerprint density at radius 1 is 1.31 bits per heavy atom. The first kappa shape index (κ1) is 9.44. The average molecular weight is 185 g/mol. The van der Waals surface area contributed by atoms with E-state index in [1.54, 1.807) is 0 Å². The van der Waals surface area contributed by atoms with Crippen molar-refractivity contribution in [1.82, 2.24) is 5.32 Å². The molecule has 2 unspecified atom stereocenters. The molecule has 0 radical (unpaired) electrons. The molecule has 0 aromatic heterocycles. The topological polar surface area (TPSA) is 30.5 Å². The second-order valence-electron chi connectivity index (χ2n) is 4.30. The average Bonchev–Trinajstić information content (AvgIpc) is 2.49. The van der Waals surface area contributed by atoms with Gasteiger partial charge in [-0.05, 0) is 26.7 Å². The molecule has 3 nitrogen and oxygen atoms in total. The lowest BCUT2D eigenvalue weighted by Gasteiger charge is -2.36. The van der Waals surface area contributed by atoms with Gasteiger partial charge in [-0.15, -0.1) is 0 Å². The Kier molecular flexibility index (Phi) is 2.58. The van der Waals surface area contributed by atoms with E-state index in [1.807, 2.05) is 0 Å². The van der Waals surface area contributed by atoms with E-state index in [1.165, 1.54) is 0 Å². The lowest BCUT2D eigenvalue weighted by atomic mass is 9.90. The van der Waals surface area contributed by atoms with Crippen LogP contribution in [0.1, 0.15) is 26.7 Å². The van der Waals surface area contributed by atoms with E-state index >= 15 is 0 Å². The molecule has 2 atom stereocenters. The van der Waals surface area contributed by atoms with Crippen molar-refractivity contribution in [3.05, 3.63) is 0 Å². The summed E-state index contributed by atoms with van der Waals surface area (Å²) in [7, 11) is 0. The third kappa shape index (κ3) is 1.87. The van der Waals surface area contributed by atoms with Crippen LogP contribution in [0.25, 0.3) is 0 Å². The van der Waals surface area contributed by atoms with Crippen LogP contribution >= 0.6 is 0 Å². The summed E-state index contributed by atoms with van der Waals surface area (Å²) in [5.41, 5.74) is -0.0941. The highest BCUT2D eigenvalue weighted by atomic mass is 16.5. The first-order valence-corrected chi connectivity index (χ1v) is 5.21. The van der Waals surface area contributed by atoms with Gasteiger partial charge >= 0.3 is 0 Å². The maximum atomic E-state index is 5.92. The van der Waals surface area contributed by atoms with Crippen LogP contribution in [0.2, 0.25) is 0 Å². The molecule has 1 N–H and O–H groups in total. The van der Waals surface area contributed by atoms with E-state index in [9.17, 15) is 0 Å². The fraction of sp³-hybridized carbons (Fsp3) is 1.00. The molecule has 0 aromatic carbocycles. The van der Waals surface area contributed by atoms with Gasteiger partial charge < -0.3 is 9.47 Å². The lowest BCUT2D eigenvalue weighted by Crippen LogP contribution is -2.47. The van der Waals surface area contributed by atoms with Crippen molar-refractivity contribution in [2.45, 2.75) is 38.5 Å². The Balaban J connectivity index is 1.97. The molecule has 0 saturated carbocycles. The predicted molar refractivity (Wildman–Crippen MR) is 50.5 cm³/mol. The molecule has 2 heterocycles. The Hall–Kier alpha value is -0.120. The molecular formula is C10H19NO2. The van der Waals surface area contributed by atoms with E-state index in [4.69, 9.17) is 9.47 Å². The number of nitrogens with one attached hydrogen (secondary N) is 1. The van der Waals surface area contributed by atoms with Crippen LogP contribution in [0.3, 0.4) is 0 Å². The fourth-order valence-corrected chi connectivity index (χ4v) is 2.34. The van der Waals surface area contributed by atoms with Gasteiger partial charge in [-0.2, -0.15) is 0 Å². The van der Waals surface area contributed by atoms with Crippen molar-refractivity contribution in [2.75, 3.05) is 19.8 Å². The SMILES string of the molecule is CC1CNC(C)(C2CCOCC2)O1. The first-order chi connectivity index (χ1) is 6.21. The minimum atomic E-state index is -0.0941. The van der Waals surface area contributed by atoms with E-state index in [0.717, 1.165) is 32.6 Å². The third-order valence-electron chi connectivity index (χ3n) is 3.19. The van der Waals surface area contributed by atoms with Crippen LogP contribution in [-0.2, 0) is 9.47 Å². The van der Waals surface area contributed by atoms with E-state index in [2.05, 4.69) is 19.2 Å². The molecule has 0 bridgehead atoms. The highest BCUT2D eigenvalue weighted by Crippen LogP contribution is 2.32. The second-order valence-corrected chi connectivity index (χ2v) is 4.30. The fourth-order valence-electron chi connectivity index (χ4n) is 2.34. The van der Waals surface area contributed by atoms with Gasteiger partial charge in [-0.25, -0.2) is 0 Å². The van der Waals surface area contributed by atoms with Gasteiger partial charge in [0.1, 0.15) is 5.72 Å². The van der Waals surface area contributed by atoms with Gasteiger partial charge in [0, 0.05) is 25.7 Å². The summed E-state index contributed by atoms with van der Waals surface area (Å²) < 4.78 is 11.3. The zero-order valence-corrected chi connectivity index (χ0v) is 8.51. The van der Waals surface area contributed by atoms with Gasteiger partial charge in [0.25, 0.3) is 0 Å². The number of hydrogen-bond donors (Lipinski definition) is 1. The van der Waals surface area contributed by atoms with Gasteiger partial charge in [-0.1, -0.05) is 0 Å². The Morgan fingerprint density at radius 3 is 2.54 bits per heavy atom. The van der Waals surface area contributed by atoms with Crippen LogP contribution in [0, 0.1) is 5.92 Å². The molecule has 3 heteroatoms. The Morgan fingerprint density at radius 2 is 2.00 bits per heavy atom. The molecule has 0 aromatic rings. The molecule has 76 valence electrons. The van der Waals surface area contributed by atoms with E-state index in [0.29, 0.717) is 12.0 Å². The van der Waals surface area contributed by atoms with E-state index in [-0.39, 0.29) is 5.72 Å². The molecule has 13 heavy (non-hydrogen) atoms. The van der Waals surface area contributed by atoms with Crippen LogP contribution in [0.5, 0.6) is 0 Å². The van der Waals surface area contributed by atoms with Crippen LogP contribution in [0.4, 0.5) is 0 Å². The quantitative estimate of drug-likeness (QED) is 0.664. The second kappa shape index (κ2) is 3.56. The molecular weight excluding hydrogens is 166 g/mol. The maximum Gasteiger partial charge on any atom is 0.119 e. The van der Waals surface area contributed by atoms with E-state index < -0.39 is 0 Å². The Bertz CT molecular complexity index is 180. The van der Waals surface area contributed by atoms with Crippen molar-refractivity contribution < 1.29 is 9.47 Å². The van der Waals surface area contributed by atoms with Crippen molar-refractivity contribution >= 4 is 0 Å². The normalized spacial score (nSPS) is 42.5. The zero-order valence-electron chi connectivity index (χ0n) is 8.51. The third-order valence-corrected chi connectivity index (χ3v) is 3.19. The van der Waals surface area contributed by atoms with Crippen LogP contribution in [-0.4, -0.2) is 31.6 Å². The molecule has 0 spiro atoms. The van der Waals surface area contributed by atoms with Crippen LogP contribution in [0.15, 0.2) is 0 Å². The summed E-state index contributed by atoms with van der Waals surface area (Å²) >= 11 is 0. The van der Waals surface area contributed by atoms with Gasteiger partial charge in [0.2, 0.25) is 0 Å². The van der Waals surface area contributed by atoms with Crippen molar-refractivity contribution in [3.8, 4) is 0 Å². The first-order valence-electron chi connectivity index (χ1n) is 5.21. The molecule has 2 aliphatic heterocycles. The predicted octanol–water partition coefficient (Wildman–Crippen LogP) is 1.14. The number of ether oxygens (including phenoxy) is 2. The summed E-state index contributed by atoms with van der Waals surface area (Å²) in [4.78, 5) is 0.